The highest BCUT2D eigenvalue weighted by molar-refractivity contribution is 7.89. The molecular weight excluding hydrogens is 1190 g/mol. The summed E-state index contributed by atoms with van der Waals surface area (Å²) in [4.78, 5) is 28.8. The molecule has 5 aromatic carbocycles. The third-order valence-corrected chi connectivity index (χ3v) is 19.9. The molecule has 91 heavy (non-hydrogen) atoms. The third-order valence-electron chi connectivity index (χ3n) is 18.5. The quantitative estimate of drug-likeness (QED) is 0.0571. The number of nitrogens with two attached hydrogens (primary N) is 1. The molecule has 5 N–H and O–H groups in total. The van der Waals surface area contributed by atoms with Crippen molar-refractivity contribution in [1.82, 2.24) is 24.6 Å². The van der Waals surface area contributed by atoms with Gasteiger partial charge in [-0.1, -0.05) is 174 Å². The lowest BCUT2D eigenvalue weighted by Crippen LogP contribution is -2.49. The maximum Gasteiger partial charge on any atom is 0.410 e. The second kappa shape index (κ2) is 37.2. The van der Waals surface area contributed by atoms with E-state index in [0.29, 0.717) is 56.6 Å². The molecule has 3 saturated heterocycles. The summed E-state index contributed by atoms with van der Waals surface area (Å²) in [7, 11) is -6.58. The summed E-state index contributed by atoms with van der Waals surface area (Å²) in [6, 6.07) is 50.4. The molecule has 6 aliphatic rings. The first kappa shape index (κ1) is 74.3. The van der Waals surface area contributed by atoms with Crippen molar-refractivity contribution in [2.45, 2.75) is 204 Å². The van der Waals surface area contributed by atoms with Crippen molar-refractivity contribution in [3.05, 3.63) is 179 Å². The van der Waals surface area contributed by atoms with E-state index < -0.39 is 32.2 Å². The maximum absolute atomic E-state index is 12.9. The van der Waals surface area contributed by atoms with Crippen molar-refractivity contribution in [2.24, 2.45) is 5.73 Å². The molecule has 0 bridgehead atoms. The molecule has 0 spiro atoms. The lowest BCUT2D eigenvalue weighted by Gasteiger charge is -2.32. The number of nitrogens with zero attached hydrogens (tertiary/aromatic N) is 2. The van der Waals surface area contributed by atoms with Gasteiger partial charge in [-0.3, -0.25) is 0 Å². The number of likely N-dealkylation sites (tertiary alicyclic amines) is 2. The van der Waals surface area contributed by atoms with Crippen molar-refractivity contribution in [1.29, 1.82) is 0 Å². The summed E-state index contributed by atoms with van der Waals surface area (Å²) in [5.41, 5.74) is 12.4. The molecule has 2 amide bonds. The number of carbonyl (C=O) groups is 2. The Kier molecular flexibility index (Phi) is 30.4. The first-order valence-electron chi connectivity index (χ1n) is 32.0. The van der Waals surface area contributed by atoms with Crippen LogP contribution in [0.25, 0.3) is 0 Å². The van der Waals surface area contributed by atoms with Gasteiger partial charge in [0, 0.05) is 37.3 Å². The lowest BCUT2D eigenvalue weighted by molar-refractivity contribution is -0.00748. The van der Waals surface area contributed by atoms with E-state index in [1.165, 1.54) is 22.9 Å². The van der Waals surface area contributed by atoms with Gasteiger partial charge < -0.3 is 44.5 Å². The van der Waals surface area contributed by atoms with E-state index in [4.69, 9.17) is 29.4 Å². The van der Waals surface area contributed by atoms with Gasteiger partial charge in [-0.05, 0) is 148 Å². The molecule has 17 nitrogen and oxygen atoms in total. The van der Waals surface area contributed by atoms with Gasteiger partial charge in [0.1, 0.15) is 13.2 Å². The highest BCUT2D eigenvalue weighted by Gasteiger charge is 2.41. The second-order valence-electron chi connectivity index (χ2n) is 24.8. The van der Waals surface area contributed by atoms with Crippen LogP contribution < -0.4 is 20.5 Å². The number of ether oxygens (including phenoxy) is 5. The van der Waals surface area contributed by atoms with Gasteiger partial charge in [0.05, 0.1) is 62.7 Å². The van der Waals surface area contributed by atoms with Crippen LogP contribution in [0.2, 0.25) is 0 Å². The fraction of sp³-hybridized carbons (Fsp3) is 0.556. The molecule has 3 aliphatic carbocycles. The summed E-state index contributed by atoms with van der Waals surface area (Å²) in [5.74, 6) is 1.83. The predicted molar refractivity (Wildman–Crippen MR) is 364 cm³/mol. The molecule has 0 radical (unpaired) electrons. The Morgan fingerprint density at radius 3 is 1.19 bits per heavy atom. The standard InChI is InChI=1S/C26H34N2O5S.C25H32N2O3.C18H28N2O3S.3CH4/c1-34(30,31)27-24-16-17-28(26(29)33-18-20-8-4-2-5-9-20)25(24)19-32-23-14-12-22(13-15-23)21-10-6-3-7-11-21;26-23-15-16-27(25(28)30-17-19-7-3-1-4-8-19)24(23)18-29-22-13-11-21(12-14-22)20-9-5-2-6-10-20;1-24(21,22)20-17-11-12-19-18(17)13-23-16-9-7-15(8-10-16)14-5-3-2-4-6-14;;;/h2-11,22-25,27H,12-19H2,1H3;1-10,21-24H,11-18,26H2;2-6,15-20H,7-13H2,1H3;3*1H4/t22?,23?,24-,25-;21?,22?,23-,24-;15?,16?,17-,18-;;;/m000.../s1. The molecule has 19 heteroatoms. The molecule has 3 saturated carbocycles. The van der Waals surface area contributed by atoms with Crippen LogP contribution in [0.4, 0.5) is 9.59 Å². The molecule has 11 rings (SSSR count). The highest BCUT2D eigenvalue weighted by atomic mass is 32.2. The molecule has 3 aliphatic heterocycles. The lowest BCUT2D eigenvalue weighted by atomic mass is 9.83. The molecule has 3 heterocycles. The molecule has 0 unspecified atom stereocenters. The Bertz CT molecular complexity index is 3080. The number of hydrogen-bond acceptors (Lipinski definition) is 13. The monoisotopic (exact) mass is 1290 g/mol. The van der Waals surface area contributed by atoms with E-state index in [-0.39, 0.29) is 90.6 Å². The van der Waals surface area contributed by atoms with Crippen LogP contribution in [0.1, 0.15) is 164 Å². The van der Waals surface area contributed by atoms with E-state index in [1.54, 1.807) is 9.80 Å². The Balaban J connectivity index is 0.000000216. The summed E-state index contributed by atoms with van der Waals surface area (Å²) in [6.45, 7) is 3.70. The number of rotatable bonds is 20. The maximum atomic E-state index is 12.9. The zero-order valence-electron chi connectivity index (χ0n) is 51.4. The molecule has 6 atom stereocenters. The minimum atomic E-state index is -3.41. The summed E-state index contributed by atoms with van der Waals surface area (Å²) in [5, 5.41) is 3.35. The fourth-order valence-corrected chi connectivity index (χ4v) is 15.2. The molecule has 5 aromatic rings. The highest BCUT2D eigenvalue weighted by Crippen LogP contribution is 2.37. The van der Waals surface area contributed by atoms with E-state index in [2.05, 4.69) is 99.7 Å². The van der Waals surface area contributed by atoms with Crippen LogP contribution in [-0.2, 0) is 56.9 Å². The van der Waals surface area contributed by atoms with Crippen LogP contribution in [-0.4, -0.2) is 145 Å². The van der Waals surface area contributed by atoms with Gasteiger partial charge in [0.15, 0.2) is 0 Å². The number of sulfonamides is 2. The number of amides is 2. The van der Waals surface area contributed by atoms with Gasteiger partial charge in [0.25, 0.3) is 0 Å². The van der Waals surface area contributed by atoms with Crippen molar-refractivity contribution in [3.63, 3.8) is 0 Å². The minimum Gasteiger partial charge on any atom is -0.445 e. The van der Waals surface area contributed by atoms with E-state index >= 15 is 0 Å². The average Bonchev–Trinajstić information content (AvgIpc) is 2.03. The van der Waals surface area contributed by atoms with Crippen molar-refractivity contribution in [3.8, 4) is 0 Å². The molecule has 0 aromatic heterocycles. The summed E-state index contributed by atoms with van der Waals surface area (Å²) >= 11 is 0. The van der Waals surface area contributed by atoms with Crippen LogP contribution in [0.15, 0.2) is 152 Å². The number of hydrogen-bond donors (Lipinski definition) is 4. The SMILES string of the molecule is C.C.C.CS(=O)(=O)N[C@H]1CCN(C(=O)OCc2ccccc2)[C@H]1COC1CCC(c2ccccc2)CC1.CS(=O)(=O)N[C@H]1CCN[C@H]1COC1CCC(c2ccccc2)CC1.N[C@H]1CCN(C(=O)OCc2ccccc2)[C@H]1COC1CCC(c2ccccc2)CC1. The van der Waals surface area contributed by atoms with Crippen LogP contribution in [0.5, 0.6) is 0 Å². The smallest absolute Gasteiger partial charge is 0.410 e. The number of nitrogens with one attached hydrogen (secondary N) is 3. The van der Waals surface area contributed by atoms with Gasteiger partial charge in [-0.15, -0.1) is 0 Å². The summed E-state index contributed by atoms with van der Waals surface area (Å²) < 4.78 is 81.7. The summed E-state index contributed by atoms with van der Waals surface area (Å²) in [6.07, 6.45) is 17.3. The van der Waals surface area contributed by atoms with Crippen LogP contribution in [0.3, 0.4) is 0 Å². The number of benzene rings is 5. The van der Waals surface area contributed by atoms with E-state index in [1.807, 2.05) is 66.7 Å². The van der Waals surface area contributed by atoms with Crippen LogP contribution >= 0.6 is 0 Å². The Morgan fingerprint density at radius 2 is 0.791 bits per heavy atom. The van der Waals surface area contributed by atoms with Gasteiger partial charge in [-0.2, -0.15) is 0 Å². The van der Waals surface area contributed by atoms with E-state index in [0.717, 1.165) is 114 Å². The zero-order valence-corrected chi connectivity index (χ0v) is 53.0. The molecule has 6 fully saturated rings. The fourth-order valence-electron chi connectivity index (χ4n) is 13.6. The molecule has 502 valence electrons. The zero-order chi connectivity index (χ0) is 61.7. The predicted octanol–water partition coefficient (Wildman–Crippen LogP) is 12.4. The Hall–Kier alpha value is -5.74. The third kappa shape index (κ3) is 23.7. The largest absolute Gasteiger partial charge is 0.445 e. The van der Waals surface area contributed by atoms with Crippen molar-refractivity contribution >= 4 is 32.2 Å². The van der Waals surface area contributed by atoms with Crippen molar-refractivity contribution < 1.29 is 50.1 Å². The van der Waals surface area contributed by atoms with Crippen LogP contribution in [0, 0.1) is 0 Å². The Labute approximate surface area is 545 Å². The molecular formula is C72H106N6O11S2. The van der Waals surface area contributed by atoms with Gasteiger partial charge in [0.2, 0.25) is 20.0 Å². The second-order valence-corrected chi connectivity index (χ2v) is 28.4. The Morgan fingerprint density at radius 1 is 0.451 bits per heavy atom. The van der Waals surface area contributed by atoms with E-state index in [9.17, 15) is 26.4 Å². The van der Waals surface area contributed by atoms with Gasteiger partial charge in [-0.25, -0.2) is 35.9 Å². The van der Waals surface area contributed by atoms with Crippen molar-refractivity contribution in [2.75, 3.05) is 52.0 Å². The first-order valence-corrected chi connectivity index (χ1v) is 35.8. The normalized spacial score (nSPS) is 26.4. The number of carbonyl (C=O) groups excluding carboxylic acids is 2. The minimum absolute atomic E-state index is 0. The first-order chi connectivity index (χ1) is 42.6. The average molecular weight is 1300 g/mol. The topological polar surface area (TPSA) is 217 Å². The van der Waals surface area contributed by atoms with Gasteiger partial charge >= 0.3 is 12.2 Å².